The molecule has 1 N–H and O–H groups in total. The molecule has 0 saturated carbocycles. The predicted molar refractivity (Wildman–Crippen MR) is 60.2 cm³/mol. The maximum absolute atomic E-state index is 9.29. The number of likely N-dealkylation sites (tertiary alicyclic amines) is 1. The second-order valence-corrected chi connectivity index (χ2v) is 5.30. The highest BCUT2D eigenvalue weighted by Gasteiger charge is 2.31. The molecule has 3 heteroatoms. The third-order valence-corrected chi connectivity index (χ3v) is 3.51. The zero-order valence-electron chi connectivity index (χ0n) is 10.0. The topological polar surface area (TPSA) is 47.3 Å². The van der Waals surface area contributed by atoms with E-state index in [1.807, 2.05) is 13.8 Å². The van der Waals surface area contributed by atoms with E-state index in [0.29, 0.717) is 12.0 Å². The van der Waals surface area contributed by atoms with E-state index < -0.39 is 0 Å². The summed E-state index contributed by atoms with van der Waals surface area (Å²) in [5.74, 6) is 0.584. The first-order chi connectivity index (χ1) is 7.00. The van der Waals surface area contributed by atoms with Crippen molar-refractivity contribution in [2.75, 3.05) is 19.7 Å². The zero-order chi connectivity index (χ0) is 11.5. The largest absolute Gasteiger partial charge is 0.395 e. The van der Waals surface area contributed by atoms with Crippen molar-refractivity contribution in [2.45, 2.75) is 39.7 Å². The fourth-order valence-corrected chi connectivity index (χ4v) is 2.14. The lowest BCUT2D eigenvalue weighted by molar-refractivity contribution is 0.131. The summed E-state index contributed by atoms with van der Waals surface area (Å²) in [6.07, 6.45) is 2.05. The van der Waals surface area contributed by atoms with Crippen molar-refractivity contribution in [2.24, 2.45) is 11.3 Å². The first-order valence-electron chi connectivity index (χ1n) is 5.76. The molecule has 1 aliphatic heterocycles. The van der Waals surface area contributed by atoms with Crippen molar-refractivity contribution in [1.29, 1.82) is 5.26 Å². The first kappa shape index (κ1) is 12.5. The molecule has 2 atom stereocenters. The van der Waals surface area contributed by atoms with Crippen LogP contribution in [0, 0.1) is 22.7 Å². The molecule has 15 heavy (non-hydrogen) atoms. The van der Waals surface area contributed by atoms with Gasteiger partial charge in [-0.15, -0.1) is 0 Å². The van der Waals surface area contributed by atoms with Crippen molar-refractivity contribution >= 4 is 0 Å². The van der Waals surface area contributed by atoms with Crippen molar-refractivity contribution in [3.8, 4) is 6.07 Å². The molecule has 0 radical (unpaired) electrons. The summed E-state index contributed by atoms with van der Waals surface area (Å²) < 4.78 is 0. The monoisotopic (exact) mass is 210 g/mol. The van der Waals surface area contributed by atoms with Crippen LogP contribution in [-0.4, -0.2) is 35.7 Å². The van der Waals surface area contributed by atoms with E-state index in [0.717, 1.165) is 25.9 Å². The molecule has 0 amide bonds. The molecule has 1 rings (SSSR count). The zero-order valence-corrected chi connectivity index (χ0v) is 10.0. The molecule has 1 aliphatic rings. The number of nitrogens with zero attached hydrogens (tertiary/aromatic N) is 2. The number of nitriles is 1. The Bertz CT molecular complexity index is 244. The minimum absolute atomic E-state index is 0.244. The van der Waals surface area contributed by atoms with Gasteiger partial charge in [0.05, 0.1) is 18.1 Å². The Hall–Kier alpha value is -0.590. The Morgan fingerprint density at radius 2 is 2.20 bits per heavy atom. The van der Waals surface area contributed by atoms with Crippen LogP contribution in [-0.2, 0) is 0 Å². The van der Waals surface area contributed by atoms with Gasteiger partial charge in [0.1, 0.15) is 0 Å². The van der Waals surface area contributed by atoms with Gasteiger partial charge in [-0.05, 0) is 39.2 Å². The van der Waals surface area contributed by atoms with E-state index in [4.69, 9.17) is 5.26 Å². The number of rotatable bonds is 4. The molecule has 2 unspecified atom stereocenters. The summed E-state index contributed by atoms with van der Waals surface area (Å²) in [6, 6.07) is 2.63. The van der Waals surface area contributed by atoms with Crippen LogP contribution in [0.2, 0.25) is 0 Å². The van der Waals surface area contributed by atoms with Crippen LogP contribution in [0.5, 0.6) is 0 Å². The van der Waals surface area contributed by atoms with E-state index in [2.05, 4.69) is 17.9 Å². The molecule has 0 aliphatic carbocycles. The summed E-state index contributed by atoms with van der Waals surface area (Å²) >= 11 is 0. The molecular weight excluding hydrogens is 188 g/mol. The van der Waals surface area contributed by atoms with Gasteiger partial charge in [-0.3, -0.25) is 4.90 Å². The normalized spacial score (nSPS) is 27.9. The highest BCUT2D eigenvalue weighted by molar-refractivity contribution is 4.93. The Morgan fingerprint density at radius 3 is 2.73 bits per heavy atom. The quantitative estimate of drug-likeness (QED) is 0.767. The molecule has 0 aromatic heterocycles. The number of aliphatic hydroxyl groups is 1. The standard InChI is InChI=1S/C12H22N2O/c1-10-4-6-14(11(10)8-15)7-5-12(2,3)9-13/h10-11,15H,4-8H2,1-3H3. The Balaban J connectivity index is 2.43. The summed E-state index contributed by atoms with van der Waals surface area (Å²) in [5, 5.41) is 18.2. The van der Waals surface area contributed by atoms with Crippen molar-refractivity contribution in [1.82, 2.24) is 4.90 Å². The fraction of sp³-hybridized carbons (Fsp3) is 0.917. The van der Waals surface area contributed by atoms with Crippen LogP contribution in [0.1, 0.15) is 33.6 Å². The molecule has 1 fully saturated rings. The Morgan fingerprint density at radius 1 is 1.53 bits per heavy atom. The van der Waals surface area contributed by atoms with Crippen molar-refractivity contribution in [3.63, 3.8) is 0 Å². The molecule has 0 aromatic rings. The van der Waals surface area contributed by atoms with E-state index in [-0.39, 0.29) is 12.0 Å². The fourth-order valence-electron chi connectivity index (χ4n) is 2.14. The minimum Gasteiger partial charge on any atom is -0.395 e. The molecule has 1 heterocycles. The van der Waals surface area contributed by atoms with E-state index >= 15 is 0 Å². The van der Waals surface area contributed by atoms with Gasteiger partial charge >= 0.3 is 0 Å². The minimum atomic E-state index is -0.244. The Kier molecular flexibility index (Phi) is 4.12. The molecule has 86 valence electrons. The van der Waals surface area contributed by atoms with Gasteiger partial charge in [0.25, 0.3) is 0 Å². The number of hydrogen-bond acceptors (Lipinski definition) is 3. The average molecular weight is 210 g/mol. The van der Waals surface area contributed by atoms with Gasteiger partial charge in [0.2, 0.25) is 0 Å². The van der Waals surface area contributed by atoms with Gasteiger partial charge in [-0.2, -0.15) is 5.26 Å². The maximum atomic E-state index is 9.29. The smallest absolute Gasteiger partial charge is 0.0684 e. The van der Waals surface area contributed by atoms with E-state index in [1.54, 1.807) is 0 Å². The van der Waals surface area contributed by atoms with Gasteiger partial charge in [-0.25, -0.2) is 0 Å². The van der Waals surface area contributed by atoms with Crippen LogP contribution in [0.15, 0.2) is 0 Å². The SMILES string of the molecule is CC1CCN(CCC(C)(C)C#N)C1CO. The lowest BCUT2D eigenvalue weighted by Crippen LogP contribution is -2.37. The third-order valence-electron chi connectivity index (χ3n) is 3.51. The average Bonchev–Trinajstić information content (AvgIpc) is 2.56. The molecular formula is C12H22N2O. The summed E-state index contributed by atoms with van der Waals surface area (Å²) in [4.78, 5) is 2.32. The summed E-state index contributed by atoms with van der Waals surface area (Å²) in [5.41, 5.74) is -0.244. The van der Waals surface area contributed by atoms with E-state index in [1.165, 1.54) is 0 Å². The summed E-state index contributed by atoms with van der Waals surface area (Å²) in [6.45, 7) is 8.37. The molecule has 0 bridgehead atoms. The third kappa shape index (κ3) is 3.19. The predicted octanol–water partition coefficient (Wildman–Crippen LogP) is 1.63. The molecule has 0 aromatic carbocycles. The van der Waals surface area contributed by atoms with Crippen LogP contribution < -0.4 is 0 Å². The van der Waals surface area contributed by atoms with Crippen LogP contribution >= 0.6 is 0 Å². The lowest BCUT2D eigenvalue weighted by Gasteiger charge is -2.27. The van der Waals surface area contributed by atoms with Gasteiger partial charge < -0.3 is 5.11 Å². The molecule has 1 saturated heterocycles. The molecule has 0 spiro atoms. The van der Waals surface area contributed by atoms with E-state index in [9.17, 15) is 5.11 Å². The van der Waals surface area contributed by atoms with Crippen molar-refractivity contribution < 1.29 is 5.11 Å². The van der Waals surface area contributed by atoms with Gasteiger partial charge in [0.15, 0.2) is 0 Å². The lowest BCUT2D eigenvalue weighted by atomic mass is 9.91. The number of hydrogen-bond donors (Lipinski definition) is 1. The number of aliphatic hydroxyl groups excluding tert-OH is 1. The van der Waals surface area contributed by atoms with Crippen LogP contribution in [0.25, 0.3) is 0 Å². The van der Waals surface area contributed by atoms with Crippen LogP contribution in [0.3, 0.4) is 0 Å². The van der Waals surface area contributed by atoms with Gasteiger partial charge in [0, 0.05) is 12.6 Å². The first-order valence-corrected chi connectivity index (χ1v) is 5.76. The van der Waals surface area contributed by atoms with Gasteiger partial charge in [-0.1, -0.05) is 6.92 Å². The molecule has 3 nitrogen and oxygen atoms in total. The van der Waals surface area contributed by atoms with Crippen molar-refractivity contribution in [3.05, 3.63) is 0 Å². The highest BCUT2D eigenvalue weighted by Crippen LogP contribution is 2.26. The maximum Gasteiger partial charge on any atom is 0.0684 e. The Labute approximate surface area is 92.7 Å². The van der Waals surface area contributed by atoms with Crippen LogP contribution in [0.4, 0.5) is 0 Å². The highest BCUT2D eigenvalue weighted by atomic mass is 16.3. The summed E-state index contributed by atoms with van der Waals surface area (Å²) in [7, 11) is 0. The second kappa shape index (κ2) is 4.96. The second-order valence-electron chi connectivity index (χ2n) is 5.30.